The maximum absolute atomic E-state index is 12.1. The number of hydrogen-bond acceptors (Lipinski definition) is 3. The topological polar surface area (TPSA) is 58.6 Å². The number of hydrogen-bond donors (Lipinski definition) is 1. The second-order valence-corrected chi connectivity index (χ2v) is 6.96. The summed E-state index contributed by atoms with van der Waals surface area (Å²) in [5.41, 5.74) is 0.844. The molecule has 2 amide bonds. The van der Waals surface area contributed by atoms with Crippen molar-refractivity contribution in [3.05, 3.63) is 24.3 Å². The zero-order valence-electron chi connectivity index (χ0n) is 14.3. The molecule has 24 heavy (non-hydrogen) atoms. The van der Waals surface area contributed by atoms with Crippen molar-refractivity contribution in [1.29, 1.82) is 0 Å². The average molecular weight is 330 g/mol. The van der Waals surface area contributed by atoms with Gasteiger partial charge in [-0.25, -0.2) is 0 Å². The molecule has 1 aromatic rings. The van der Waals surface area contributed by atoms with E-state index in [0.717, 1.165) is 37.4 Å². The molecule has 0 aromatic heterocycles. The summed E-state index contributed by atoms with van der Waals surface area (Å²) in [6.45, 7) is 3.03. The largest absolute Gasteiger partial charge is 0.484 e. The zero-order valence-corrected chi connectivity index (χ0v) is 14.3. The van der Waals surface area contributed by atoms with Crippen LogP contribution in [-0.2, 0) is 9.59 Å². The van der Waals surface area contributed by atoms with Crippen LogP contribution in [0.1, 0.15) is 45.4 Å². The minimum atomic E-state index is -0.0720. The third-order valence-electron chi connectivity index (χ3n) is 4.95. The smallest absolute Gasteiger partial charge is 0.258 e. The van der Waals surface area contributed by atoms with Crippen LogP contribution < -0.4 is 15.0 Å². The van der Waals surface area contributed by atoms with Crippen molar-refractivity contribution in [2.24, 2.45) is 5.92 Å². The Hall–Kier alpha value is -2.04. The predicted molar refractivity (Wildman–Crippen MR) is 93.1 cm³/mol. The van der Waals surface area contributed by atoms with E-state index in [1.165, 1.54) is 12.8 Å². The third kappa shape index (κ3) is 4.28. The molecule has 2 aliphatic rings. The van der Waals surface area contributed by atoms with E-state index in [-0.39, 0.29) is 24.5 Å². The van der Waals surface area contributed by atoms with Crippen molar-refractivity contribution in [1.82, 2.24) is 5.32 Å². The molecule has 1 aliphatic heterocycles. The Morgan fingerprint density at radius 3 is 2.79 bits per heavy atom. The van der Waals surface area contributed by atoms with Gasteiger partial charge in [-0.1, -0.05) is 13.0 Å². The number of ether oxygens (including phenoxy) is 1. The molecule has 1 heterocycles. The predicted octanol–water partition coefficient (Wildman–Crippen LogP) is 2.89. The van der Waals surface area contributed by atoms with Gasteiger partial charge in [0.2, 0.25) is 5.91 Å². The minimum absolute atomic E-state index is 0.0173. The van der Waals surface area contributed by atoms with Crippen molar-refractivity contribution in [2.75, 3.05) is 18.1 Å². The Bertz CT molecular complexity index is 594. The molecule has 0 atom stereocenters. The summed E-state index contributed by atoms with van der Waals surface area (Å²) < 4.78 is 5.62. The van der Waals surface area contributed by atoms with E-state index < -0.39 is 0 Å². The SMILES string of the molecule is CC1CCC(NC(=O)COc2cccc(N3CCCC3=O)c2)CC1. The molecule has 1 saturated heterocycles. The molecule has 0 radical (unpaired) electrons. The molecule has 1 N–H and O–H groups in total. The summed E-state index contributed by atoms with van der Waals surface area (Å²) in [5, 5.41) is 3.06. The zero-order chi connectivity index (χ0) is 16.9. The Labute approximate surface area is 143 Å². The number of nitrogens with one attached hydrogen (secondary N) is 1. The normalized spacial score (nSPS) is 24.0. The van der Waals surface area contributed by atoms with Gasteiger partial charge in [-0.2, -0.15) is 0 Å². The van der Waals surface area contributed by atoms with Gasteiger partial charge in [0.25, 0.3) is 5.91 Å². The number of benzene rings is 1. The maximum atomic E-state index is 12.1. The molecular formula is C19H26N2O3. The molecule has 3 rings (SSSR count). The van der Waals surface area contributed by atoms with Gasteiger partial charge < -0.3 is 15.0 Å². The van der Waals surface area contributed by atoms with Gasteiger partial charge in [0.15, 0.2) is 6.61 Å². The van der Waals surface area contributed by atoms with Gasteiger partial charge >= 0.3 is 0 Å². The highest BCUT2D eigenvalue weighted by Gasteiger charge is 2.22. The number of rotatable bonds is 5. The summed E-state index contributed by atoms with van der Waals surface area (Å²) >= 11 is 0. The van der Waals surface area contributed by atoms with Crippen LogP contribution in [0.3, 0.4) is 0 Å². The highest BCUT2D eigenvalue weighted by molar-refractivity contribution is 5.95. The lowest BCUT2D eigenvalue weighted by molar-refractivity contribution is -0.124. The molecule has 1 aromatic carbocycles. The number of carbonyl (C=O) groups excluding carboxylic acids is 2. The van der Waals surface area contributed by atoms with E-state index >= 15 is 0 Å². The van der Waals surface area contributed by atoms with Crippen molar-refractivity contribution in [2.45, 2.75) is 51.5 Å². The van der Waals surface area contributed by atoms with Crippen LogP contribution in [0.15, 0.2) is 24.3 Å². The molecule has 5 nitrogen and oxygen atoms in total. The average Bonchev–Trinajstić information content (AvgIpc) is 3.01. The lowest BCUT2D eigenvalue weighted by Crippen LogP contribution is -2.39. The molecule has 5 heteroatoms. The summed E-state index contributed by atoms with van der Waals surface area (Å²) in [5.74, 6) is 1.47. The summed E-state index contributed by atoms with van der Waals surface area (Å²) in [6, 6.07) is 7.69. The van der Waals surface area contributed by atoms with E-state index in [9.17, 15) is 9.59 Å². The molecule has 1 aliphatic carbocycles. The fraction of sp³-hybridized carbons (Fsp3) is 0.579. The molecule has 0 bridgehead atoms. The maximum Gasteiger partial charge on any atom is 0.258 e. The molecule has 0 unspecified atom stereocenters. The second kappa shape index (κ2) is 7.69. The van der Waals surface area contributed by atoms with Crippen LogP contribution in [0.4, 0.5) is 5.69 Å². The van der Waals surface area contributed by atoms with Gasteiger partial charge in [-0.05, 0) is 50.2 Å². The first-order valence-electron chi connectivity index (χ1n) is 8.94. The summed E-state index contributed by atoms with van der Waals surface area (Å²) in [7, 11) is 0. The minimum Gasteiger partial charge on any atom is -0.484 e. The molecular weight excluding hydrogens is 304 g/mol. The van der Waals surface area contributed by atoms with Crippen LogP contribution in [0.25, 0.3) is 0 Å². The first kappa shape index (κ1) is 16.8. The number of carbonyl (C=O) groups is 2. The molecule has 0 spiro atoms. The van der Waals surface area contributed by atoms with E-state index in [2.05, 4.69) is 12.2 Å². The van der Waals surface area contributed by atoms with Crippen LogP contribution in [-0.4, -0.2) is 31.0 Å². The van der Waals surface area contributed by atoms with Gasteiger partial charge in [0.05, 0.1) is 0 Å². The summed E-state index contributed by atoms with van der Waals surface area (Å²) in [6.07, 6.45) is 5.97. The van der Waals surface area contributed by atoms with Gasteiger partial charge in [-0.3, -0.25) is 9.59 Å². The number of nitrogens with zero attached hydrogens (tertiary/aromatic N) is 1. The lowest BCUT2D eigenvalue weighted by Gasteiger charge is -2.26. The second-order valence-electron chi connectivity index (χ2n) is 6.96. The van der Waals surface area contributed by atoms with Gasteiger partial charge in [0, 0.05) is 30.8 Å². The molecule has 130 valence electrons. The van der Waals surface area contributed by atoms with Gasteiger partial charge in [0.1, 0.15) is 5.75 Å². The van der Waals surface area contributed by atoms with E-state index in [0.29, 0.717) is 12.2 Å². The van der Waals surface area contributed by atoms with E-state index in [1.807, 2.05) is 24.3 Å². The van der Waals surface area contributed by atoms with E-state index in [4.69, 9.17) is 4.74 Å². The lowest BCUT2D eigenvalue weighted by atomic mass is 9.87. The van der Waals surface area contributed by atoms with Crippen LogP contribution in [0.5, 0.6) is 5.75 Å². The first-order chi connectivity index (χ1) is 11.6. The fourth-order valence-corrected chi connectivity index (χ4v) is 3.48. The molecule has 2 fully saturated rings. The molecule has 1 saturated carbocycles. The van der Waals surface area contributed by atoms with Crippen molar-refractivity contribution in [3.8, 4) is 5.75 Å². The van der Waals surface area contributed by atoms with Crippen molar-refractivity contribution in [3.63, 3.8) is 0 Å². The number of anilines is 1. The van der Waals surface area contributed by atoms with Crippen LogP contribution >= 0.6 is 0 Å². The van der Waals surface area contributed by atoms with Crippen LogP contribution in [0, 0.1) is 5.92 Å². The fourth-order valence-electron chi connectivity index (χ4n) is 3.48. The Kier molecular flexibility index (Phi) is 5.38. The van der Waals surface area contributed by atoms with Crippen LogP contribution in [0.2, 0.25) is 0 Å². The third-order valence-corrected chi connectivity index (χ3v) is 4.95. The quantitative estimate of drug-likeness (QED) is 0.903. The standard InChI is InChI=1S/C19H26N2O3/c1-14-7-9-15(10-8-14)20-18(22)13-24-17-5-2-4-16(12-17)21-11-3-6-19(21)23/h2,4-5,12,14-15H,3,6-11,13H2,1H3,(H,20,22). The first-order valence-corrected chi connectivity index (χ1v) is 8.94. The van der Waals surface area contributed by atoms with Crippen molar-refractivity contribution < 1.29 is 14.3 Å². The van der Waals surface area contributed by atoms with E-state index in [1.54, 1.807) is 4.90 Å². The van der Waals surface area contributed by atoms with Gasteiger partial charge in [-0.15, -0.1) is 0 Å². The number of amides is 2. The Morgan fingerprint density at radius 2 is 2.08 bits per heavy atom. The highest BCUT2D eigenvalue weighted by Crippen LogP contribution is 2.25. The Morgan fingerprint density at radius 1 is 1.29 bits per heavy atom. The summed E-state index contributed by atoms with van der Waals surface area (Å²) in [4.78, 5) is 25.7. The van der Waals surface area contributed by atoms with Crippen molar-refractivity contribution >= 4 is 17.5 Å². The monoisotopic (exact) mass is 330 g/mol. The Balaban J connectivity index is 1.49. The highest BCUT2D eigenvalue weighted by atomic mass is 16.5.